The van der Waals surface area contributed by atoms with Crippen LogP contribution in [0.3, 0.4) is 0 Å². The molecule has 0 saturated carbocycles. The quantitative estimate of drug-likeness (QED) is 0.848. The fourth-order valence-electron chi connectivity index (χ4n) is 3.26. The second kappa shape index (κ2) is 7.06. The van der Waals surface area contributed by atoms with Crippen molar-refractivity contribution in [2.24, 2.45) is 5.92 Å². The number of rotatable bonds is 6. The van der Waals surface area contributed by atoms with Crippen LogP contribution in [0, 0.1) is 12.8 Å². The fraction of sp³-hybridized carbons (Fsp3) is 0.647. The molecule has 1 aromatic carbocycles. The molecule has 0 radical (unpaired) electrons. The number of hydrogen-bond donors (Lipinski definition) is 1. The van der Waals surface area contributed by atoms with Gasteiger partial charge in [0.25, 0.3) is 0 Å². The van der Waals surface area contributed by atoms with Gasteiger partial charge in [-0.2, -0.15) is 0 Å². The van der Waals surface area contributed by atoms with Crippen molar-refractivity contribution < 1.29 is 4.74 Å². The number of nitrogens with one attached hydrogen (secondary N) is 1. The van der Waals surface area contributed by atoms with Gasteiger partial charge in [-0.25, -0.2) is 0 Å². The summed E-state index contributed by atoms with van der Waals surface area (Å²) in [5.74, 6) is 0.657. The Hall–Kier alpha value is -0.860. The number of hydrogen-bond acceptors (Lipinski definition) is 2. The molecule has 0 aliphatic carbocycles. The molecule has 1 fully saturated rings. The molecule has 2 nitrogen and oxygen atoms in total. The zero-order valence-corrected chi connectivity index (χ0v) is 12.5. The van der Waals surface area contributed by atoms with Crippen molar-refractivity contribution in [1.29, 1.82) is 0 Å². The van der Waals surface area contributed by atoms with Crippen LogP contribution in [-0.4, -0.2) is 25.3 Å². The predicted octanol–water partition coefficient (Wildman–Crippen LogP) is 3.33. The maximum atomic E-state index is 5.87. The van der Waals surface area contributed by atoms with Crippen LogP contribution in [0.2, 0.25) is 0 Å². The maximum absolute atomic E-state index is 5.87. The van der Waals surface area contributed by atoms with E-state index >= 15 is 0 Å². The summed E-state index contributed by atoms with van der Waals surface area (Å²) < 4.78 is 5.87. The lowest BCUT2D eigenvalue weighted by atomic mass is 9.86. The van der Waals surface area contributed by atoms with E-state index in [0.717, 1.165) is 26.0 Å². The smallest absolute Gasteiger partial charge is 0.0616 e. The van der Waals surface area contributed by atoms with Crippen LogP contribution in [0.4, 0.5) is 0 Å². The first kappa shape index (κ1) is 14.5. The second-order valence-electron chi connectivity index (χ2n) is 5.56. The first-order valence-electron chi connectivity index (χ1n) is 7.65. The Morgan fingerprint density at radius 3 is 2.79 bits per heavy atom. The van der Waals surface area contributed by atoms with Crippen LogP contribution in [0.5, 0.6) is 0 Å². The Morgan fingerprint density at radius 1 is 1.32 bits per heavy atom. The lowest BCUT2D eigenvalue weighted by molar-refractivity contribution is 0.0776. The molecule has 1 aliphatic rings. The molecule has 1 heterocycles. The van der Waals surface area contributed by atoms with Crippen molar-refractivity contribution in [3.63, 3.8) is 0 Å². The molecule has 0 bridgehead atoms. The van der Waals surface area contributed by atoms with Gasteiger partial charge >= 0.3 is 0 Å². The average molecular weight is 261 g/mol. The molecule has 1 saturated heterocycles. The third-order valence-electron chi connectivity index (χ3n) is 4.35. The number of ether oxygens (including phenoxy) is 1. The Kier molecular flexibility index (Phi) is 5.41. The van der Waals surface area contributed by atoms with Crippen molar-refractivity contribution in [1.82, 2.24) is 5.32 Å². The van der Waals surface area contributed by atoms with E-state index in [1.54, 1.807) is 0 Å². The molecule has 0 amide bonds. The van der Waals surface area contributed by atoms with E-state index in [0.29, 0.717) is 18.1 Å². The largest absolute Gasteiger partial charge is 0.378 e. The highest BCUT2D eigenvalue weighted by atomic mass is 16.5. The van der Waals surface area contributed by atoms with Crippen LogP contribution in [-0.2, 0) is 11.2 Å². The first-order chi connectivity index (χ1) is 9.26. The molecule has 3 atom stereocenters. The predicted molar refractivity (Wildman–Crippen MR) is 80.5 cm³/mol. The summed E-state index contributed by atoms with van der Waals surface area (Å²) in [6, 6.07) is 9.28. The summed E-state index contributed by atoms with van der Waals surface area (Å²) in [7, 11) is 0. The van der Waals surface area contributed by atoms with E-state index in [1.807, 2.05) is 0 Å². The SMILES string of the molecule is CCNC(Cc1ccccc1C)C1CCOC1CC. The van der Waals surface area contributed by atoms with Crippen LogP contribution >= 0.6 is 0 Å². The van der Waals surface area contributed by atoms with Crippen molar-refractivity contribution in [3.05, 3.63) is 35.4 Å². The van der Waals surface area contributed by atoms with Crippen molar-refractivity contribution in [2.75, 3.05) is 13.2 Å². The molecule has 0 spiro atoms. The van der Waals surface area contributed by atoms with Gasteiger partial charge in [-0.05, 0) is 43.9 Å². The molecule has 1 N–H and O–H groups in total. The first-order valence-corrected chi connectivity index (χ1v) is 7.65. The summed E-state index contributed by atoms with van der Waals surface area (Å²) in [5, 5.41) is 3.68. The molecule has 2 rings (SSSR count). The van der Waals surface area contributed by atoms with Gasteiger partial charge in [0.05, 0.1) is 6.10 Å². The molecule has 106 valence electrons. The molecule has 3 unspecified atom stereocenters. The summed E-state index contributed by atoms with van der Waals surface area (Å²) in [4.78, 5) is 0. The zero-order valence-electron chi connectivity index (χ0n) is 12.5. The second-order valence-corrected chi connectivity index (χ2v) is 5.56. The normalized spacial score (nSPS) is 24.6. The monoisotopic (exact) mass is 261 g/mol. The van der Waals surface area contributed by atoms with E-state index in [9.17, 15) is 0 Å². The Labute approximate surface area is 117 Å². The van der Waals surface area contributed by atoms with E-state index in [4.69, 9.17) is 4.74 Å². The molecule has 19 heavy (non-hydrogen) atoms. The van der Waals surface area contributed by atoms with E-state index in [1.165, 1.54) is 17.5 Å². The topological polar surface area (TPSA) is 21.3 Å². The van der Waals surface area contributed by atoms with Gasteiger partial charge in [0, 0.05) is 18.6 Å². The van der Waals surface area contributed by atoms with Crippen molar-refractivity contribution in [3.8, 4) is 0 Å². The lowest BCUT2D eigenvalue weighted by Crippen LogP contribution is -2.41. The highest BCUT2D eigenvalue weighted by Crippen LogP contribution is 2.28. The fourth-order valence-corrected chi connectivity index (χ4v) is 3.26. The third kappa shape index (κ3) is 3.58. The van der Waals surface area contributed by atoms with Crippen LogP contribution in [0.25, 0.3) is 0 Å². The van der Waals surface area contributed by atoms with Gasteiger partial charge in [0.1, 0.15) is 0 Å². The number of likely N-dealkylation sites (N-methyl/N-ethyl adjacent to an activating group) is 1. The highest BCUT2D eigenvalue weighted by molar-refractivity contribution is 5.26. The Balaban J connectivity index is 2.09. The van der Waals surface area contributed by atoms with Gasteiger partial charge in [-0.3, -0.25) is 0 Å². The van der Waals surface area contributed by atoms with Crippen molar-refractivity contribution in [2.45, 2.75) is 52.2 Å². The number of aryl methyl sites for hydroxylation is 1. The Bertz CT molecular complexity index is 391. The number of benzene rings is 1. The minimum atomic E-state index is 0.438. The Morgan fingerprint density at radius 2 is 2.11 bits per heavy atom. The van der Waals surface area contributed by atoms with Gasteiger partial charge in [0.2, 0.25) is 0 Å². The van der Waals surface area contributed by atoms with Gasteiger partial charge in [-0.1, -0.05) is 38.1 Å². The lowest BCUT2D eigenvalue weighted by Gasteiger charge is -2.28. The maximum Gasteiger partial charge on any atom is 0.0616 e. The average Bonchev–Trinajstić information content (AvgIpc) is 2.89. The molecule has 1 aromatic rings. The molecule has 1 aliphatic heterocycles. The summed E-state index contributed by atoms with van der Waals surface area (Å²) in [6.45, 7) is 8.60. The van der Waals surface area contributed by atoms with Crippen molar-refractivity contribution >= 4 is 0 Å². The van der Waals surface area contributed by atoms with Crippen LogP contribution < -0.4 is 5.32 Å². The van der Waals surface area contributed by atoms with Gasteiger partial charge in [0.15, 0.2) is 0 Å². The van der Waals surface area contributed by atoms with Gasteiger partial charge < -0.3 is 10.1 Å². The van der Waals surface area contributed by atoms with Gasteiger partial charge in [-0.15, -0.1) is 0 Å². The third-order valence-corrected chi connectivity index (χ3v) is 4.35. The summed E-state index contributed by atoms with van der Waals surface area (Å²) >= 11 is 0. The minimum absolute atomic E-state index is 0.438. The van der Waals surface area contributed by atoms with Crippen LogP contribution in [0.15, 0.2) is 24.3 Å². The molecular formula is C17H27NO. The zero-order chi connectivity index (χ0) is 13.7. The highest BCUT2D eigenvalue weighted by Gasteiger charge is 2.33. The molecule has 0 aromatic heterocycles. The summed E-state index contributed by atoms with van der Waals surface area (Å²) in [6.07, 6.45) is 3.88. The minimum Gasteiger partial charge on any atom is -0.378 e. The van der Waals surface area contributed by atoms with E-state index in [-0.39, 0.29) is 0 Å². The van der Waals surface area contributed by atoms with E-state index < -0.39 is 0 Å². The summed E-state index contributed by atoms with van der Waals surface area (Å²) in [5.41, 5.74) is 2.87. The van der Waals surface area contributed by atoms with Crippen LogP contribution in [0.1, 0.15) is 37.8 Å². The van der Waals surface area contributed by atoms with E-state index in [2.05, 4.69) is 50.4 Å². The molecular weight excluding hydrogens is 234 g/mol. The molecule has 2 heteroatoms. The standard InChI is InChI=1S/C17H27NO/c1-4-17-15(10-11-19-17)16(18-5-2)12-14-9-7-6-8-13(14)3/h6-9,15-18H,4-5,10-12H2,1-3H3.